The molecule has 7 heteroatoms. The van der Waals surface area contributed by atoms with Crippen molar-refractivity contribution in [2.24, 2.45) is 0 Å². The van der Waals surface area contributed by atoms with E-state index in [0.717, 1.165) is 59.5 Å². The average Bonchev–Trinajstić information content (AvgIpc) is 3.12. The van der Waals surface area contributed by atoms with Gasteiger partial charge in [0.1, 0.15) is 5.82 Å². The molecule has 2 aromatic carbocycles. The molecule has 1 saturated heterocycles. The van der Waals surface area contributed by atoms with Gasteiger partial charge in [-0.15, -0.1) is 0 Å². The number of hydrogen-bond acceptors (Lipinski definition) is 5. The third-order valence-corrected chi connectivity index (χ3v) is 5.70. The number of hydrogen-bond donors (Lipinski definition) is 2. The van der Waals surface area contributed by atoms with E-state index in [2.05, 4.69) is 45.0 Å². The Labute approximate surface area is 167 Å². The molecule has 0 spiro atoms. The monoisotopic (exact) mass is 392 g/mol. The van der Waals surface area contributed by atoms with Crippen LogP contribution >= 0.6 is 11.6 Å². The lowest BCUT2D eigenvalue weighted by Crippen LogP contribution is -2.44. The molecular weight excluding hydrogens is 372 g/mol. The molecule has 28 heavy (non-hydrogen) atoms. The van der Waals surface area contributed by atoms with Gasteiger partial charge in [0.15, 0.2) is 0 Å². The summed E-state index contributed by atoms with van der Waals surface area (Å²) in [5.74, 6) is 0.720. The number of aromatic amines is 1. The van der Waals surface area contributed by atoms with Crippen molar-refractivity contribution in [1.82, 2.24) is 19.9 Å². The van der Waals surface area contributed by atoms with Gasteiger partial charge in [-0.05, 0) is 43.4 Å². The maximum absolute atomic E-state index is 6.43. The summed E-state index contributed by atoms with van der Waals surface area (Å²) in [5, 5.41) is 1.48. The summed E-state index contributed by atoms with van der Waals surface area (Å²) in [4.78, 5) is 17.4. The first-order chi connectivity index (χ1) is 13.6. The van der Waals surface area contributed by atoms with Crippen LogP contribution in [0, 0.1) is 0 Å². The van der Waals surface area contributed by atoms with Crippen LogP contribution in [0.5, 0.6) is 0 Å². The first kappa shape index (κ1) is 17.3. The van der Waals surface area contributed by atoms with E-state index in [-0.39, 0.29) is 0 Å². The molecule has 0 saturated carbocycles. The number of nitrogen functional groups attached to an aromatic ring is 1. The second-order valence-electron chi connectivity index (χ2n) is 7.32. The van der Waals surface area contributed by atoms with Crippen LogP contribution in [0.3, 0.4) is 0 Å². The minimum absolute atomic E-state index is 0.630. The Kier molecular flexibility index (Phi) is 4.10. The van der Waals surface area contributed by atoms with Gasteiger partial charge in [0.2, 0.25) is 0 Å². The number of piperazine rings is 1. The van der Waals surface area contributed by atoms with Crippen LogP contribution in [0.4, 0.5) is 11.4 Å². The third-order valence-electron chi connectivity index (χ3n) is 5.46. The Morgan fingerprint density at radius 3 is 2.64 bits per heavy atom. The van der Waals surface area contributed by atoms with E-state index in [9.17, 15) is 0 Å². The molecule has 0 amide bonds. The predicted octanol–water partition coefficient (Wildman–Crippen LogP) is 3.77. The highest BCUT2D eigenvalue weighted by molar-refractivity contribution is 6.31. The van der Waals surface area contributed by atoms with Crippen molar-refractivity contribution in [2.45, 2.75) is 0 Å². The largest absolute Gasteiger partial charge is 0.398 e. The molecule has 0 atom stereocenters. The van der Waals surface area contributed by atoms with Crippen LogP contribution in [0.15, 0.2) is 42.6 Å². The van der Waals surface area contributed by atoms with Crippen molar-refractivity contribution in [1.29, 1.82) is 0 Å². The van der Waals surface area contributed by atoms with Gasteiger partial charge in [0.05, 0.1) is 27.8 Å². The van der Waals surface area contributed by atoms with E-state index in [1.165, 1.54) is 5.69 Å². The van der Waals surface area contributed by atoms with Crippen LogP contribution in [0.2, 0.25) is 5.02 Å². The maximum Gasteiger partial charge on any atom is 0.142 e. The van der Waals surface area contributed by atoms with Crippen LogP contribution in [0.1, 0.15) is 0 Å². The minimum Gasteiger partial charge on any atom is -0.398 e. The van der Waals surface area contributed by atoms with E-state index in [1.54, 1.807) is 6.20 Å². The number of anilines is 2. The molecule has 5 rings (SSSR count). The van der Waals surface area contributed by atoms with Crippen molar-refractivity contribution in [3.8, 4) is 11.4 Å². The van der Waals surface area contributed by atoms with Gasteiger partial charge in [0.25, 0.3) is 0 Å². The van der Waals surface area contributed by atoms with Crippen molar-refractivity contribution in [3.63, 3.8) is 0 Å². The summed E-state index contributed by atoms with van der Waals surface area (Å²) in [6.07, 6.45) is 1.77. The first-order valence-corrected chi connectivity index (χ1v) is 9.74. The summed E-state index contributed by atoms with van der Waals surface area (Å²) >= 11 is 6.14. The summed E-state index contributed by atoms with van der Waals surface area (Å²) in [7, 11) is 2.16. The molecule has 0 unspecified atom stereocenters. The Hall–Kier alpha value is -2.83. The highest BCUT2D eigenvalue weighted by Crippen LogP contribution is 2.32. The minimum atomic E-state index is 0.630. The fourth-order valence-electron chi connectivity index (χ4n) is 3.76. The quantitative estimate of drug-likeness (QED) is 0.543. The number of H-pyrrole nitrogens is 1. The molecular formula is C21H21ClN6. The Morgan fingerprint density at radius 2 is 1.82 bits per heavy atom. The number of nitrogens with zero attached hydrogens (tertiary/aromatic N) is 4. The molecule has 1 aliphatic heterocycles. The maximum atomic E-state index is 6.43. The van der Waals surface area contributed by atoms with E-state index >= 15 is 0 Å². The molecule has 0 bridgehead atoms. The number of nitrogens with two attached hydrogens (primary N) is 1. The molecule has 4 aromatic rings. The summed E-state index contributed by atoms with van der Waals surface area (Å²) in [5.41, 5.74) is 11.8. The molecule has 1 fully saturated rings. The summed E-state index contributed by atoms with van der Waals surface area (Å²) in [6.45, 7) is 4.22. The molecule has 1 aliphatic rings. The van der Waals surface area contributed by atoms with Gasteiger partial charge in [-0.2, -0.15) is 0 Å². The zero-order valence-electron chi connectivity index (χ0n) is 15.6. The SMILES string of the molecule is CN1CCN(c2ccc3nc(-c4cnc5ccc(Cl)cc5c4N)[nH]c3c2)CC1. The number of halogens is 1. The van der Waals surface area contributed by atoms with Gasteiger partial charge in [-0.3, -0.25) is 4.98 Å². The first-order valence-electron chi connectivity index (χ1n) is 9.36. The predicted molar refractivity (Wildman–Crippen MR) is 116 cm³/mol. The van der Waals surface area contributed by atoms with E-state index in [0.29, 0.717) is 10.7 Å². The number of fused-ring (bicyclic) bond motifs is 2. The van der Waals surface area contributed by atoms with Crippen molar-refractivity contribution >= 4 is 44.9 Å². The van der Waals surface area contributed by atoms with Gasteiger partial charge in [-0.25, -0.2) is 4.98 Å². The molecule has 3 N–H and O–H groups in total. The van der Waals surface area contributed by atoms with Crippen molar-refractivity contribution < 1.29 is 0 Å². The molecule has 3 heterocycles. The van der Waals surface area contributed by atoms with Crippen LogP contribution in [-0.4, -0.2) is 53.1 Å². The summed E-state index contributed by atoms with van der Waals surface area (Å²) in [6, 6.07) is 11.9. The van der Waals surface area contributed by atoms with Gasteiger partial charge >= 0.3 is 0 Å². The topological polar surface area (TPSA) is 74.1 Å². The molecule has 0 radical (unpaired) electrons. The molecule has 2 aromatic heterocycles. The fourth-order valence-corrected chi connectivity index (χ4v) is 3.93. The third kappa shape index (κ3) is 2.95. The number of imidazole rings is 1. The lowest BCUT2D eigenvalue weighted by atomic mass is 10.1. The van der Waals surface area contributed by atoms with Crippen LogP contribution in [-0.2, 0) is 0 Å². The standard InChI is InChI=1S/C21H21ClN6/c1-27-6-8-28(9-7-27)14-3-5-18-19(11-14)26-21(25-18)16-12-24-17-4-2-13(22)10-15(17)20(16)23/h2-5,10-12H,6-9H2,1H3,(H2,23,24)(H,25,26). The molecule has 142 valence electrons. The van der Waals surface area contributed by atoms with Gasteiger partial charge < -0.3 is 20.5 Å². The number of likely N-dealkylation sites (N-methyl/N-ethyl adjacent to an activating group) is 1. The Morgan fingerprint density at radius 1 is 1.04 bits per heavy atom. The zero-order chi connectivity index (χ0) is 19.3. The second-order valence-corrected chi connectivity index (χ2v) is 7.76. The van der Waals surface area contributed by atoms with Crippen LogP contribution < -0.4 is 10.6 Å². The van der Waals surface area contributed by atoms with E-state index in [4.69, 9.17) is 22.3 Å². The van der Waals surface area contributed by atoms with Gasteiger partial charge in [0, 0.05) is 48.5 Å². The number of nitrogens with one attached hydrogen (secondary N) is 1. The lowest BCUT2D eigenvalue weighted by Gasteiger charge is -2.34. The fraction of sp³-hybridized carbons (Fsp3) is 0.238. The highest BCUT2D eigenvalue weighted by atomic mass is 35.5. The number of aromatic nitrogens is 3. The summed E-state index contributed by atoms with van der Waals surface area (Å²) < 4.78 is 0. The van der Waals surface area contributed by atoms with E-state index in [1.807, 2.05) is 18.2 Å². The van der Waals surface area contributed by atoms with Gasteiger partial charge in [-0.1, -0.05) is 11.6 Å². The zero-order valence-corrected chi connectivity index (χ0v) is 16.4. The number of benzene rings is 2. The molecule has 6 nitrogen and oxygen atoms in total. The Bertz CT molecular complexity index is 1180. The van der Waals surface area contributed by atoms with Crippen molar-refractivity contribution in [2.75, 3.05) is 43.9 Å². The normalized spacial score (nSPS) is 15.6. The number of pyridine rings is 1. The second kappa shape index (κ2) is 6.65. The van der Waals surface area contributed by atoms with E-state index < -0.39 is 0 Å². The van der Waals surface area contributed by atoms with Crippen LogP contribution in [0.25, 0.3) is 33.3 Å². The average molecular weight is 393 g/mol. The van der Waals surface area contributed by atoms with Crippen molar-refractivity contribution in [3.05, 3.63) is 47.6 Å². The smallest absolute Gasteiger partial charge is 0.142 e. The number of rotatable bonds is 2. The Balaban J connectivity index is 1.55. The highest BCUT2D eigenvalue weighted by Gasteiger charge is 2.16. The molecule has 0 aliphatic carbocycles. The lowest BCUT2D eigenvalue weighted by molar-refractivity contribution is 0.313.